The third-order valence-corrected chi connectivity index (χ3v) is 3.16. The smallest absolute Gasteiger partial charge is 0.260 e. The summed E-state index contributed by atoms with van der Waals surface area (Å²) in [4.78, 5) is 11.8. The van der Waals surface area contributed by atoms with Crippen LogP contribution in [0.3, 0.4) is 0 Å². The van der Waals surface area contributed by atoms with E-state index < -0.39 is 29.4 Å². The zero-order chi connectivity index (χ0) is 16.0. The molecule has 0 aliphatic rings. The first-order valence-electron chi connectivity index (χ1n) is 7.04. The second-order valence-corrected chi connectivity index (χ2v) is 5.01. The van der Waals surface area contributed by atoms with Crippen LogP contribution in [0, 0.1) is 11.6 Å². The monoisotopic (exact) mass is 300 g/mol. The van der Waals surface area contributed by atoms with Crippen LogP contribution in [-0.4, -0.2) is 24.6 Å². The Morgan fingerprint density at radius 3 is 2.38 bits per heavy atom. The maximum Gasteiger partial charge on any atom is 0.260 e. The summed E-state index contributed by atoms with van der Waals surface area (Å²) in [5.74, 6) is -2.61. The van der Waals surface area contributed by atoms with Gasteiger partial charge >= 0.3 is 0 Å². The summed E-state index contributed by atoms with van der Waals surface area (Å²) in [6.45, 7) is 5.51. The minimum Gasteiger partial charge on any atom is -0.475 e. The highest BCUT2D eigenvalue weighted by Crippen LogP contribution is 2.24. The molecular formula is C15H22F2N2O2. The number of halogens is 2. The molecule has 0 aromatic heterocycles. The number of hydrogen-bond acceptors (Lipinski definition) is 3. The molecule has 2 unspecified atom stereocenters. The molecule has 0 radical (unpaired) electrons. The van der Waals surface area contributed by atoms with Crippen LogP contribution >= 0.6 is 0 Å². The van der Waals surface area contributed by atoms with Gasteiger partial charge in [0.2, 0.25) is 0 Å². The third kappa shape index (κ3) is 4.97. The number of nitrogens with one attached hydrogen (secondary N) is 1. The van der Waals surface area contributed by atoms with E-state index in [0.717, 1.165) is 6.42 Å². The van der Waals surface area contributed by atoms with Crippen molar-refractivity contribution >= 4 is 5.91 Å². The third-order valence-electron chi connectivity index (χ3n) is 3.16. The van der Waals surface area contributed by atoms with Gasteiger partial charge in [-0.3, -0.25) is 4.79 Å². The fourth-order valence-corrected chi connectivity index (χ4v) is 1.73. The first-order chi connectivity index (χ1) is 9.88. The molecular weight excluding hydrogens is 278 g/mol. The fraction of sp³-hybridized carbons (Fsp3) is 0.533. The summed E-state index contributed by atoms with van der Waals surface area (Å²) in [6.07, 6.45) is 0.149. The lowest BCUT2D eigenvalue weighted by atomic mass is 10.1. The Kier molecular flexibility index (Phi) is 6.55. The van der Waals surface area contributed by atoms with Gasteiger partial charge in [0, 0.05) is 6.04 Å². The normalized spacial score (nSPS) is 13.6. The molecule has 1 rings (SSSR count). The van der Waals surface area contributed by atoms with Crippen molar-refractivity contribution in [2.24, 2.45) is 5.73 Å². The Balaban J connectivity index is 2.80. The van der Waals surface area contributed by atoms with Gasteiger partial charge in [-0.25, -0.2) is 8.78 Å². The second-order valence-electron chi connectivity index (χ2n) is 5.01. The molecule has 118 valence electrons. The molecule has 0 aliphatic heterocycles. The van der Waals surface area contributed by atoms with Crippen molar-refractivity contribution in [3.05, 3.63) is 29.3 Å². The van der Waals surface area contributed by atoms with E-state index in [-0.39, 0.29) is 6.04 Å². The quantitative estimate of drug-likeness (QED) is 0.811. The maximum atomic E-state index is 13.8. The van der Waals surface area contributed by atoms with E-state index >= 15 is 0 Å². The molecule has 1 aromatic rings. The molecule has 0 bridgehead atoms. The lowest BCUT2D eigenvalue weighted by molar-refractivity contribution is -0.128. The number of nitrogens with two attached hydrogens (primary N) is 1. The molecule has 0 saturated carbocycles. The molecule has 0 saturated heterocycles. The van der Waals surface area contributed by atoms with Crippen molar-refractivity contribution in [3.8, 4) is 5.75 Å². The first kappa shape index (κ1) is 17.4. The van der Waals surface area contributed by atoms with Crippen LogP contribution in [0.1, 0.15) is 32.8 Å². The van der Waals surface area contributed by atoms with Gasteiger partial charge in [0.05, 0.1) is 0 Å². The highest BCUT2D eigenvalue weighted by Gasteiger charge is 2.21. The van der Waals surface area contributed by atoms with Crippen LogP contribution in [0.2, 0.25) is 0 Å². The Morgan fingerprint density at radius 1 is 1.33 bits per heavy atom. The summed E-state index contributed by atoms with van der Waals surface area (Å²) >= 11 is 0. The van der Waals surface area contributed by atoms with E-state index in [1.807, 2.05) is 13.8 Å². The molecule has 1 amide bonds. The standard InChI is InChI=1S/C15H22F2N2O2/c1-4-9(2)19-15(20)10(3)21-14-12(16)7-11(5-6-18)8-13(14)17/h7-10H,4-6,18H2,1-3H3,(H,19,20). The summed E-state index contributed by atoms with van der Waals surface area (Å²) in [6, 6.07) is 2.32. The molecule has 0 spiro atoms. The van der Waals surface area contributed by atoms with E-state index in [9.17, 15) is 13.6 Å². The molecule has 0 aliphatic carbocycles. The fourth-order valence-electron chi connectivity index (χ4n) is 1.73. The van der Waals surface area contributed by atoms with E-state index in [1.165, 1.54) is 19.1 Å². The van der Waals surface area contributed by atoms with Gasteiger partial charge in [-0.1, -0.05) is 6.92 Å². The number of ether oxygens (including phenoxy) is 1. The summed E-state index contributed by atoms with van der Waals surface area (Å²) in [7, 11) is 0. The number of carbonyl (C=O) groups is 1. The topological polar surface area (TPSA) is 64.3 Å². The molecule has 0 fully saturated rings. The zero-order valence-corrected chi connectivity index (χ0v) is 12.6. The average Bonchev–Trinajstić information content (AvgIpc) is 2.42. The van der Waals surface area contributed by atoms with Crippen LogP contribution in [0.4, 0.5) is 8.78 Å². The van der Waals surface area contributed by atoms with Gasteiger partial charge in [0.25, 0.3) is 5.91 Å². The minimum atomic E-state index is -0.983. The summed E-state index contributed by atoms with van der Waals surface area (Å²) in [5.41, 5.74) is 5.80. The SMILES string of the molecule is CCC(C)NC(=O)C(C)Oc1c(F)cc(CCN)cc1F. The second kappa shape index (κ2) is 7.93. The molecule has 6 heteroatoms. The van der Waals surface area contributed by atoms with E-state index in [1.54, 1.807) is 0 Å². The van der Waals surface area contributed by atoms with Crippen molar-refractivity contribution in [1.29, 1.82) is 0 Å². The van der Waals surface area contributed by atoms with Gasteiger partial charge in [0.1, 0.15) is 0 Å². The Morgan fingerprint density at radius 2 is 1.90 bits per heavy atom. The molecule has 0 heterocycles. The number of rotatable bonds is 7. The van der Waals surface area contributed by atoms with Crippen molar-refractivity contribution in [2.45, 2.75) is 45.8 Å². The number of hydrogen-bond donors (Lipinski definition) is 2. The van der Waals surface area contributed by atoms with Crippen molar-refractivity contribution in [2.75, 3.05) is 6.54 Å². The first-order valence-corrected chi connectivity index (χ1v) is 7.04. The van der Waals surface area contributed by atoms with Crippen LogP contribution in [0.25, 0.3) is 0 Å². The van der Waals surface area contributed by atoms with E-state index in [2.05, 4.69) is 5.32 Å². The number of amides is 1. The van der Waals surface area contributed by atoms with Gasteiger partial charge in [0.15, 0.2) is 23.5 Å². The van der Waals surface area contributed by atoms with Crippen LogP contribution in [0.15, 0.2) is 12.1 Å². The maximum absolute atomic E-state index is 13.8. The van der Waals surface area contributed by atoms with Crippen molar-refractivity contribution in [1.82, 2.24) is 5.32 Å². The van der Waals surface area contributed by atoms with Gasteiger partial charge in [-0.15, -0.1) is 0 Å². The Labute approximate surface area is 123 Å². The van der Waals surface area contributed by atoms with Gasteiger partial charge < -0.3 is 15.8 Å². The zero-order valence-electron chi connectivity index (χ0n) is 12.6. The van der Waals surface area contributed by atoms with Crippen molar-refractivity contribution < 1.29 is 18.3 Å². The Hall–Kier alpha value is -1.69. The highest BCUT2D eigenvalue weighted by atomic mass is 19.1. The van der Waals surface area contributed by atoms with Crippen LogP contribution < -0.4 is 15.8 Å². The van der Waals surface area contributed by atoms with E-state index in [4.69, 9.17) is 10.5 Å². The molecule has 4 nitrogen and oxygen atoms in total. The lowest BCUT2D eigenvalue weighted by Gasteiger charge is -2.18. The number of benzene rings is 1. The van der Waals surface area contributed by atoms with Gasteiger partial charge in [-0.05, 0) is 50.9 Å². The highest BCUT2D eigenvalue weighted by molar-refractivity contribution is 5.80. The van der Waals surface area contributed by atoms with Crippen LogP contribution in [-0.2, 0) is 11.2 Å². The molecule has 3 N–H and O–H groups in total. The number of carbonyl (C=O) groups excluding carboxylic acids is 1. The Bertz CT molecular complexity index is 472. The van der Waals surface area contributed by atoms with Crippen LogP contribution in [0.5, 0.6) is 5.75 Å². The molecule has 2 atom stereocenters. The summed E-state index contributed by atoms with van der Waals surface area (Å²) < 4.78 is 32.8. The van der Waals surface area contributed by atoms with Gasteiger partial charge in [-0.2, -0.15) is 0 Å². The summed E-state index contributed by atoms with van der Waals surface area (Å²) in [5, 5.41) is 2.69. The predicted octanol–water partition coefficient (Wildman–Crippen LogP) is 2.15. The predicted molar refractivity (Wildman–Crippen MR) is 77.1 cm³/mol. The molecule has 21 heavy (non-hydrogen) atoms. The minimum absolute atomic E-state index is 0.0230. The molecule has 1 aromatic carbocycles. The van der Waals surface area contributed by atoms with Crippen molar-refractivity contribution in [3.63, 3.8) is 0 Å². The average molecular weight is 300 g/mol. The lowest BCUT2D eigenvalue weighted by Crippen LogP contribution is -2.41. The largest absolute Gasteiger partial charge is 0.475 e. The van der Waals surface area contributed by atoms with E-state index in [0.29, 0.717) is 18.5 Å².